The molecule has 0 saturated carbocycles. The molecule has 1 aromatic carbocycles. The molecule has 45 heteroatoms. The summed E-state index contributed by atoms with van der Waals surface area (Å²) in [4.78, 5) is 236. The van der Waals surface area contributed by atoms with Gasteiger partial charge in [-0.15, -0.1) is 0 Å². The minimum atomic E-state index is -1.71. The number of carboxylic acids is 1. The number of nitrogens with zero attached hydrogens (tertiary/aromatic N) is 1. The van der Waals surface area contributed by atoms with Crippen molar-refractivity contribution in [3.8, 4) is 0 Å². The number of primary amides is 2. The molecule has 3 fully saturated rings. The zero-order valence-corrected chi connectivity index (χ0v) is 70.1. The van der Waals surface area contributed by atoms with E-state index in [0.717, 1.165) is 43.2 Å². The highest BCUT2D eigenvalue weighted by molar-refractivity contribution is 8.77. The average Bonchev–Trinajstić information content (AvgIpc) is 1.35. The molecule has 1 aromatic heterocycles. The van der Waals surface area contributed by atoms with E-state index in [1.165, 1.54) is 12.5 Å². The Morgan fingerprint density at radius 2 is 1.03 bits per heavy atom. The summed E-state index contributed by atoms with van der Waals surface area (Å²) in [6.07, 6.45) is -0.333. The SMILES string of the molecule is CC(C)C[C@H](NC(=O)C1CSSC[C@@H]2NC(=O)[C@@H](NC(=O)[C@@H](N)CCC(=O)O)CSSC[C@H](NC(=O)[C@H](CC(C)C)NC(=O)[C@H](CC(C)C)NC(=O)[C@H](CCC(N)=O)NC(=O)[C@H](CCCNC(=N)N)NC(=O)[C@H](Cc3cnc[nH]3)NC2=O)C(=O)N1)C(=O)N[C@@H](CCCNC(=N)N)C(=O)N[C@@H](Cc1ccccc1)C(=O)N[C@H](C(N)=O)C(C)C. The maximum Gasteiger partial charge on any atom is 0.303 e. The average molecular weight is 1720 g/mol. The Bertz CT molecular complexity index is 3740. The maximum atomic E-state index is 15.3. The van der Waals surface area contributed by atoms with Crippen LogP contribution in [0.5, 0.6) is 0 Å². The number of carbonyl (C=O) groups is 16. The summed E-state index contributed by atoms with van der Waals surface area (Å²) in [7, 11) is 3.39. The number of imidazole rings is 1. The number of aromatic amines is 1. The second-order valence-corrected chi connectivity index (χ2v) is 35.0. The Balaban J connectivity index is 1.99. The molecule has 1 unspecified atom stereocenters. The van der Waals surface area contributed by atoms with E-state index in [0.29, 0.717) is 5.56 Å². The van der Waals surface area contributed by atoms with Crippen LogP contribution in [0.1, 0.15) is 137 Å². The molecular weight excluding hydrogens is 1600 g/mol. The molecular formula is C72H116N24O17S4. The van der Waals surface area contributed by atoms with Crippen LogP contribution in [-0.4, -0.2) is 242 Å². The lowest BCUT2D eigenvalue weighted by Crippen LogP contribution is -2.62. The maximum absolute atomic E-state index is 15.3. The number of carbonyl (C=O) groups excluding carboxylic acids is 15. The highest BCUT2D eigenvalue weighted by Gasteiger charge is 2.40. The number of nitrogens with one attached hydrogen (secondary N) is 18. The molecule has 3 saturated heterocycles. The summed E-state index contributed by atoms with van der Waals surface area (Å²) < 4.78 is 0. The topological polar surface area (TPSA) is 680 Å². The van der Waals surface area contributed by atoms with E-state index < -0.39 is 239 Å². The van der Waals surface area contributed by atoms with Gasteiger partial charge in [-0.2, -0.15) is 0 Å². The molecule has 4 heterocycles. The summed E-state index contributed by atoms with van der Waals surface area (Å²) in [5, 5.41) is 64.7. The van der Waals surface area contributed by atoms with E-state index in [9.17, 15) is 53.1 Å². The van der Waals surface area contributed by atoms with Gasteiger partial charge in [-0.1, -0.05) is 129 Å². The van der Waals surface area contributed by atoms with Crippen LogP contribution in [0.25, 0.3) is 0 Å². The van der Waals surface area contributed by atoms with Crippen molar-refractivity contribution < 1.29 is 81.8 Å². The smallest absolute Gasteiger partial charge is 0.303 e. The minimum absolute atomic E-state index is 0.0180. The van der Waals surface area contributed by atoms with Crippen molar-refractivity contribution in [3.63, 3.8) is 0 Å². The molecule has 2 bridgehead atoms. The number of rotatable bonds is 36. The second kappa shape index (κ2) is 51.1. The van der Waals surface area contributed by atoms with Crippen LogP contribution < -0.4 is 108 Å². The number of amides is 15. The molecule has 41 nitrogen and oxygen atoms in total. The van der Waals surface area contributed by atoms with Crippen LogP contribution >= 0.6 is 43.2 Å². The summed E-state index contributed by atoms with van der Waals surface area (Å²) in [5.41, 5.74) is 29.4. The normalized spacial score (nSPS) is 21.8. The fraction of sp³-hybridized carbons (Fsp3) is 0.625. The van der Waals surface area contributed by atoms with Crippen LogP contribution in [-0.2, 0) is 89.6 Å². The van der Waals surface area contributed by atoms with E-state index in [1.807, 2.05) is 0 Å². The largest absolute Gasteiger partial charge is 0.481 e. The van der Waals surface area contributed by atoms with Gasteiger partial charge in [-0.25, -0.2) is 4.98 Å². The number of aromatic nitrogens is 2. The fourth-order valence-electron chi connectivity index (χ4n) is 11.8. The number of guanidine groups is 2. The zero-order valence-electron chi connectivity index (χ0n) is 66.8. The van der Waals surface area contributed by atoms with Gasteiger partial charge in [0.2, 0.25) is 88.6 Å². The lowest BCUT2D eigenvalue weighted by Gasteiger charge is -2.30. The van der Waals surface area contributed by atoms with E-state index in [4.69, 9.17) is 39.5 Å². The van der Waals surface area contributed by atoms with Gasteiger partial charge >= 0.3 is 5.97 Å². The number of fused-ring (bicyclic) bond motifs is 28. The summed E-state index contributed by atoms with van der Waals surface area (Å²) in [5.74, 6) is -19.8. The highest BCUT2D eigenvalue weighted by Crippen LogP contribution is 2.27. The number of carboxylic acid groups (broad SMARTS) is 1. The van der Waals surface area contributed by atoms with Gasteiger partial charge in [0.1, 0.15) is 78.5 Å². The Morgan fingerprint density at radius 1 is 0.530 bits per heavy atom. The molecule has 117 heavy (non-hydrogen) atoms. The first-order valence-corrected chi connectivity index (χ1v) is 43.3. The lowest BCUT2D eigenvalue weighted by molar-refractivity contribution is -0.137. The number of aliphatic carboxylic acids is 1. The molecule has 3 aliphatic rings. The van der Waals surface area contributed by atoms with Gasteiger partial charge in [0.25, 0.3) is 0 Å². The van der Waals surface area contributed by atoms with Crippen molar-refractivity contribution in [2.45, 2.75) is 223 Å². The van der Waals surface area contributed by atoms with Crippen LogP contribution in [0.15, 0.2) is 42.9 Å². The van der Waals surface area contributed by atoms with Crippen LogP contribution in [0.2, 0.25) is 0 Å². The van der Waals surface area contributed by atoms with Crippen molar-refractivity contribution in [1.82, 2.24) is 89.7 Å². The van der Waals surface area contributed by atoms with Gasteiger partial charge in [-0.3, -0.25) is 87.5 Å². The molecule has 14 atom stereocenters. The Labute approximate surface area is 694 Å². The van der Waals surface area contributed by atoms with Gasteiger partial charge in [0, 0.05) is 73.7 Å². The van der Waals surface area contributed by atoms with Gasteiger partial charge in [0.15, 0.2) is 11.9 Å². The first-order valence-electron chi connectivity index (χ1n) is 38.4. The zero-order chi connectivity index (χ0) is 87.2. The van der Waals surface area contributed by atoms with Crippen molar-refractivity contribution >= 4 is 150 Å². The molecule has 650 valence electrons. The van der Waals surface area contributed by atoms with Crippen molar-refractivity contribution in [3.05, 3.63) is 54.1 Å². The summed E-state index contributed by atoms with van der Waals surface area (Å²) in [6, 6.07) is -13.0. The van der Waals surface area contributed by atoms with Crippen molar-refractivity contribution in [1.29, 1.82) is 10.8 Å². The van der Waals surface area contributed by atoms with Crippen molar-refractivity contribution in [2.75, 3.05) is 36.1 Å². The third-order valence-corrected chi connectivity index (χ3v) is 22.9. The third-order valence-electron chi connectivity index (χ3n) is 18.0. The molecule has 15 amide bonds. The predicted molar refractivity (Wildman–Crippen MR) is 441 cm³/mol. The summed E-state index contributed by atoms with van der Waals surface area (Å²) in [6.45, 7) is 13.7. The Morgan fingerprint density at radius 3 is 1.56 bits per heavy atom. The van der Waals surface area contributed by atoms with E-state index in [2.05, 4.69) is 89.7 Å². The van der Waals surface area contributed by atoms with Gasteiger partial charge < -0.3 is 119 Å². The number of hydrogen-bond donors (Lipinski definition) is 24. The number of benzene rings is 1. The monoisotopic (exact) mass is 1720 g/mol. The number of hydrogen-bond acceptors (Lipinski definition) is 24. The molecule has 0 spiro atoms. The van der Waals surface area contributed by atoms with E-state index in [1.54, 1.807) is 85.7 Å². The van der Waals surface area contributed by atoms with Crippen molar-refractivity contribution in [2.24, 2.45) is 52.3 Å². The molecule has 5 rings (SSSR count). The number of nitrogens with two attached hydrogens (primary N) is 5. The molecule has 2 aromatic rings. The van der Waals surface area contributed by atoms with Gasteiger partial charge in [0.05, 0.1) is 12.4 Å². The Hall–Kier alpha value is -10.2. The minimum Gasteiger partial charge on any atom is -0.481 e. The molecule has 29 N–H and O–H groups in total. The standard InChI is InChI=1S/C72H116N24O17S4/c1-35(2)24-45(62(105)84-43(17-13-23-82-72(78)79)60(103)90-48(27-39-14-10-9-11-15-39)66(109)96-56(38(7)8)57(75)100)89-67(110)51-31-115-116-32-52-68(111)91-49(28-40-29-80-34-83-40)65(108)85-42(16-12-22-81-71(76)77)59(102)86-44(19-20-54(74)97)61(104)87-46(25-36(3)4)63(106)88-47(26-37(5)6)64(107)93-53(70(113)95-51)33-117-114-30-50(69(112)94-52)92-58(101)41(73)18-21-55(98)99/h9-11,14-15,29,34-38,41-53,56H,12-13,16-28,30-33,73H2,1-8H3,(H2,74,97)(H2,75,100)(H,80,83)(H,84,105)(H,85,108)(H,86,102)(H,87,104)(H,88,106)(H,89,110)(H,90,103)(H,91,111)(H,92,101)(H,93,107)(H,94,112)(H,95,113)(H,96,109)(H,98,99)(H4,76,77,81)(H4,78,79,82)/t41-,42-,43-,44-,45-,46-,47-,48-,49-,50-,51?,52-,53-,56-/m0/s1. The molecule has 0 aliphatic carbocycles. The molecule has 3 aliphatic heterocycles. The first kappa shape index (κ1) is 99.2. The first-order chi connectivity index (χ1) is 55.2. The van der Waals surface area contributed by atoms with Crippen LogP contribution in [0.3, 0.4) is 0 Å². The van der Waals surface area contributed by atoms with Crippen LogP contribution in [0, 0.1) is 34.5 Å². The summed E-state index contributed by atoms with van der Waals surface area (Å²) >= 11 is 0. The predicted octanol–water partition coefficient (Wildman–Crippen LogP) is -4.45. The number of H-pyrrole nitrogens is 1. The second-order valence-electron chi connectivity index (χ2n) is 29.9. The fourth-order valence-corrected chi connectivity index (χ4v) is 16.5. The Kier molecular flexibility index (Phi) is 43.4. The van der Waals surface area contributed by atoms with E-state index >= 15 is 28.8 Å². The molecule has 0 radical (unpaired) electrons. The third kappa shape index (κ3) is 37.3. The quantitative estimate of drug-likeness (QED) is 0.0101. The van der Waals surface area contributed by atoms with E-state index in [-0.39, 0.29) is 101 Å². The van der Waals surface area contributed by atoms with Gasteiger partial charge in [-0.05, 0) is 87.0 Å². The highest BCUT2D eigenvalue weighted by atomic mass is 33.1. The van der Waals surface area contributed by atoms with Crippen LogP contribution in [0.4, 0.5) is 0 Å². The lowest BCUT2D eigenvalue weighted by atomic mass is 9.99.